The second kappa shape index (κ2) is 3.39. The maximum atomic E-state index is 9.56. The molecule has 64 valence electrons. The molecule has 1 aromatic rings. The zero-order chi connectivity index (χ0) is 9.14. The molecule has 0 fully saturated rings. The van der Waals surface area contributed by atoms with Crippen molar-refractivity contribution in [3.05, 3.63) is 29.3 Å². The average molecular weight is 163 g/mol. The highest BCUT2D eigenvalue weighted by atomic mass is 16.3. The molecule has 0 aliphatic carbocycles. The largest absolute Gasteiger partial charge is 0.507 e. The van der Waals surface area contributed by atoms with Crippen LogP contribution >= 0.6 is 0 Å². The summed E-state index contributed by atoms with van der Waals surface area (Å²) in [5.41, 5.74) is 1.96. The van der Waals surface area contributed by atoms with E-state index < -0.39 is 0 Å². The predicted octanol–water partition coefficient (Wildman–Crippen LogP) is 2.48. The third-order valence-corrected chi connectivity index (χ3v) is 1.92. The normalized spacial score (nSPS) is 9.83. The van der Waals surface area contributed by atoms with Gasteiger partial charge >= 0.3 is 0 Å². The number of rotatable bonds is 2. The second-order valence-electron chi connectivity index (χ2n) is 2.80. The first kappa shape index (κ1) is 8.78. The Morgan fingerprint density at radius 2 is 2.17 bits per heavy atom. The number of hydrogen-bond donors (Lipinski definition) is 2. The number of aryl methyl sites for hydroxylation is 1. The minimum Gasteiger partial charge on any atom is -0.507 e. The molecule has 1 rings (SSSR count). The van der Waals surface area contributed by atoms with E-state index in [-0.39, 0.29) is 5.75 Å². The Bertz CT molecular complexity index is 305. The fourth-order valence-corrected chi connectivity index (χ4v) is 1.09. The molecular weight excluding hydrogens is 150 g/mol. The molecule has 1 aromatic carbocycles. The first-order valence-electron chi connectivity index (χ1n) is 4.03. The van der Waals surface area contributed by atoms with Gasteiger partial charge in [0, 0.05) is 11.3 Å². The van der Waals surface area contributed by atoms with Gasteiger partial charge in [0.2, 0.25) is 0 Å². The van der Waals surface area contributed by atoms with Gasteiger partial charge in [-0.25, -0.2) is 0 Å². The number of phenols is 1. The zero-order valence-electron chi connectivity index (χ0n) is 7.39. The van der Waals surface area contributed by atoms with Crippen LogP contribution in [0, 0.1) is 12.3 Å². The lowest BCUT2D eigenvalue weighted by molar-refractivity contribution is 0.470. The van der Waals surface area contributed by atoms with Crippen molar-refractivity contribution in [3.63, 3.8) is 0 Å². The van der Waals surface area contributed by atoms with Crippen molar-refractivity contribution in [3.8, 4) is 5.75 Å². The topological polar surface area (TPSA) is 44.1 Å². The molecule has 0 bridgehead atoms. The van der Waals surface area contributed by atoms with Crippen LogP contribution in [-0.2, 0) is 0 Å². The molecule has 0 unspecified atom stereocenters. The van der Waals surface area contributed by atoms with Crippen LogP contribution in [0.25, 0.3) is 0 Å². The minimum atomic E-state index is 0.240. The van der Waals surface area contributed by atoms with E-state index in [9.17, 15) is 5.11 Å². The summed E-state index contributed by atoms with van der Waals surface area (Å²) in [5, 5.41) is 17.1. The molecule has 0 aromatic heterocycles. The monoisotopic (exact) mass is 163 g/mol. The quantitative estimate of drug-likeness (QED) is 0.646. The third-order valence-electron chi connectivity index (χ3n) is 1.92. The van der Waals surface area contributed by atoms with E-state index in [1.54, 1.807) is 6.07 Å². The fourth-order valence-electron chi connectivity index (χ4n) is 1.09. The van der Waals surface area contributed by atoms with Crippen LogP contribution in [0.1, 0.15) is 24.5 Å². The summed E-state index contributed by atoms with van der Waals surface area (Å²) in [5.74, 6) is 0.240. The Labute approximate surface area is 72.4 Å². The molecule has 2 N–H and O–H groups in total. The fraction of sp³-hybridized carbons (Fsp3) is 0.300. The van der Waals surface area contributed by atoms with Gasteiger partial charge in [0.15, 0.2) is 0 Å². The van der Waals surface area contributed by atoms with Gasteiger partial charge in [0.05, 0.1) is 0 Å². The maximum Gasteiger partial charge on any atom is 0.127 e. The van der Waals surface area contributed by atoms with E-state index in [4.69, 9.17) is 5.41 Å². The van der Waals surface area contributed by atoms with E-state index in [1.165, 1.54) is 0 Å². The Hall–Kier alpha value is -1.31. The van der Waals surface area contributed by atoms with Crippen LogP contribution in [0.3, 0.4) is 0 Å². The Morgan fingerprint density at radius 3 is 2.75 bits per heavy atom. The van der Waals surface area contributed by atoms with Crippen molar-refractivity contribution in [2.24, 2.45) is 0 Å². The summed E-state index contributed by atoms with van der Waals surface area (Å²) >= 11 is 0. The molecule has 12 heavy (non-hydrogen) atoms. The van der Waals surface area contributed by atoms with Crippen LogP contribution in [-0.4, -0.2) is 10.8 Å². The molecule has 0 amide bonds. The molecule has 2 heteroatoms. The summed E-state index contributed by atoms with van der Waals surface area (Å²) in [6, 6.07) is 5.46. The summed E-state index contributed by atoms with van der Waals surface area (Å²) in [4.78, 5) is 0. The molecule has 0 atom stereocenters. The molecule has 0 radical (unpaired) electrons. The zero-order valence-corrected chi connectivity index (χ0v) is 7.39. The SMILES string of the molecule is CCC(=N)c1cccc(C)c1O. The highest BCUT2D eigenvalue weighted by Crippen LogP contribution is 2.22. The van der Waals surface area contributed by atoms with Crippen molar-refractivity contribution in [1.82, 2.24) is 0 Å². The molecule has 0 saturated heterocycles. The van der Waals surface area contributed by atoms with Crippen molar-refractivity contribution >= 4 is 5.71 Å². The number of benzene rings is 1. The molecule has 0 spiro atoms. The van der Waals surface area contributed by atoms with E-state index in [0.717, 1.165) is 5.56 Å². The lowest BCUT2D eigenvalue weighted by atomic mass is 10.0. The van der Waals surface area contributed by atoms with E-state index in [2.05, 4.69) is 0 Å². The molecule has 0 saturated carbocycles. The van der Waals surface area contributed by atoms with E-state index >= 15 is 0 Å². The van der Waals surface area contributed by atoms with Gasteiger partial charge in [-0.05, 0) is 25.0 Å². The number of hydrogen-bond acceptors (Lipinski definition) is 2. The van der Waals surface area contributed by atoms with Crippen molar-refractivity contribution in [2.45, 2.75) is 20.3 Å². The molecule has 0 heterocycles. The van der Waals surface area contributed by atoms with Crippen LogP contribution in [0.5, 0.6) is 5.75 Å². The smallest absolute Gasteiger partial charge is 0.127 e. The Kier molecular flexibility index (Phi) is 2.48. The van der Waals surface area contributed by atoms with Gasteiger partial charge in [0.25, 0.3) is 0 Å². The summed E-state index contributed by atoms with van der Waals surface area (Å²) in [7, 11) is 0. The van der Waals surface area contributed by atoms with Crippen LogP contribution in [0.15, 0.2) is 18.2 Å². The van der Waals surface area contributed by atoms with Crippen LogP contribution in [0.2, 0.25) is 0 Å². The van der Waals surface area contributed by atoms with Crippen LogP contribution < -0.4 is 0 Å². The summed E-state index contributed by atoms with van der Waals surface area (Å²) in [6.07, 6.45) is 0.650. The van der Waals surface area contributed by atoms with Crippen molar-refractivity contribution in [1.29, 1.82) is 5.41 Å². The van der Waals surface area contributed by atoms with Gasteiger partial charge < -0.3 is 10.5 Å². The first-order chi connectivity index (χ1) is 5.66. The van der Waals surface area contributed by atoms with Gasteiger partial charge in [-0.2, -0.15) is 0 Å². The number of aromatic hydroxyl groups is 1. The Morgan fingerprint density at radius 1 is 1.50 bits per heavy atom. The summed E-state index contributed by atoms with van der Waals surface area (Å²) in [6.45, 7) is 3.74. The number of phenolic OH excluding ortho intramolecular Hbond substituents is 1. The van der Waals surface area contributed by atoms with E-state index in [0.29, 0.717) is 17.7 Å². The Balaban J connectivity index is 3.16. The predicted molar refractivity (Wildman–Crippen MR) is 50.0 cm³/mol. The van der Waals surface area contributed by atoms with Gasteiger partial charge in [0.1, 0.15) is 5.75 Å². The molecule has 2 nitrogen and oxygen atoms in total. The molecule has 0 aliphatic heterocycles. The maximum absolute atomic E-state index is 9.56. The third kappa shape index (κ3) is 1.47. The molecule has 0 aliphatic rings. The van der Waals surface area contributed by atoms with E-state index in [1.807, 2.05) is 26.0 Å². The average Bonchev–Trinajstić information content (AvgIpc) is 2.08. The standard InChI is InChI=1S/C10H13NO/c1-3-9(11)8-6-4-5-7(2)10(8)12/h4-6,11-12H,3H2,1-2H3. The van der Waals surface area contributed by atoms with Gasteiger partial charge in [-0.3, -0.25) is 0 Å². The van der Waals surface area contributed by atoms with Gasteiger partial charge in [-0.1, -0.05) is 19.1 Å². The summed E-state index contributed by atoms with van der Waals surface area (Å²) < 4.78 is 0. The number of para-hydroxylation sites is 1. The highest BCUT2D eigenvalue weighted by Gasteiger charge is 2.06. The molecular formula is C10H13NO. The first-order valence-corrected chi connectivity index (χ1v) is 4.03. The lowest BCUT2D eigenvalue weighted by Crippen LogP contribution is -1.97. The minimum absolute atomic E-state index is 0.240. The van der Waals surface area contributed by atoms with Crippen LogP contribution in [0.4, 0.5) is 0 Å². The number of nitrogens with one attached hydrogen (secondary N) is 1. The highest BCUT2D eigenvalue weighted by molar-refractivity contribution is 6.00. The second-order valence-corrected chi connectivity index (χ2v) is 2.80. The lowest BCUT2D eigenvalue weighted by Gasteiger charge is -2.05. The van der Waals surface area contributed by atoms with Crippen molar-refractivity contribution in [2.75, 3.05) is 0 Å². The van der Waals surface area contributed by atoms with Gasteiger partial charge in [-0.15, -0.1) is 0 Å². The van der Waals surface area contributed by atoms with Crippen molar-refractivity contribution < 1.29 is 5.11 Å².